The summed E-state index contributed by atoms with van der Waals surface area (Å²) in [6, 6.07) is 4.08. The van der Waals surface area contributed by atoms with Gasteiger partial charge in [-0.05, 0) is 37.6 Å². The minimum atomic E-state index is -0.212. The third kappa shape index (κ3) is 2.68. The zero-order valence-corrected chi connectivity index (χ0v) is 10.6. The van der Waals surface area contributed by atoms with Crippen molar-refractivity contribution in [2.45, 2.75) is 25.4 Å². The first kappa shape index (κ1) is 13.0. The highest BCUT2D eigenvalue weighted by molar-refractivity contribution is 5.77. The predicted octanol–water partition coefficient (Wildman–Crippen LogP) is 0.277. The van der Waals surface area contributed by atoms with Crippen LogP contribution in [0, 0.1) is 5.92 Å². The second-order valence-electron chi connectivity index (χ2n) is 4.97. The summed E-state index contributed by atoms with van der Waals surface area (Å²) < 4.78 is 0. The van der Waals surface area contributed by atoms with Gasteiger partial charge in [-0.3, -0.25) is 14.7 Å². The van der Waals surface area contributed by atoms with Crippen molar-refractivity contribution in [3.8, 4) is 0 Å². The minimum Gasteiger partial charge on any atom is -0.369 e. The highest BCUT2D eigenvalue weighted by Crippen LogP contribution is 2.29. The Balaban J connectivity index is 2.15. The first-order chi connectivity index (χ1) is 8.59. The molecule has 1 amide bonds. The average Bonchev–Trinajstić information content (AvgIpc) is 2.79. The Hall–Kier alpha value is -1.46. The zero-order valence-electron chi connectivity index (χ0n) is 10.6. The van der Waals surface area contributed by atoms with Crippen molar-refractivity contribution in [2.24, 2.45) is 17.4 Å². The number of carbonyl (C=O) groups is 1. The van der Waals surface area contributed by atoms with E-state index < -0.39 is 0 Å². The van der Waals surface area contributed by atoms with Crippen LogP contribution in [-0.4, -0.2) is 34.9 Å². The molecule has 1 fully saturated rings. The SMILES string of the molecule is CC(N)C(c1ccncc1)N1CCC(C(N)=O)C1. The van der Waals surface area contributed by atoms with Crippen LogP contribution in [0.4, 0.5) is 0 Å². The molecule has 0 aromatic carbocycles. The van der Waals surface area contributed by atoms with Crippen LogP contribution in [0.3, 0.4) is 0 Å². The number of pyridine rings is 1. The summed E-state index contributed by atoms with van der Waals surface area (Å²) in [4.78, 5) is 17.5. The molecule has 4 N–H and O–H groups in total. The largest absolute Gasteiger partial charge is 0.369 e. The Bertz CT molecular complexity index is 407. The summed E-state index contributed by atoms with van der Waals surface area (Å²) >= 11 is 0. The monoisotopic (exact) mass is 248 g/mol. The lowest BCUT2D eigenvalue weighted by atomic mass is 10.0. The molecule has 18 heavy (non-hydrogen) atoms. The molecule has 3 unspecified atom stereocenters. The summed E-state index contributed by atoms with van der Waals surface area (Å²) in [7, 11) is 0. The van der Waals surface area contributed by atoms with Gasteiger partial charge in [0.2, 0.25) is 5.91 Å². The Morgan fingerprint density at radius 1 is 1.50 bits per heavy atom. The van der Waals surface area contributed by atoms with Gasteiger partial charge in [0.05, 0.1) is 5.92 Å². The normalized spacial score (nSPS) is 23.8. The van der Waals surface area contributed by atoms with Crippen molar-refractivity contribution < 1.29 is 4.79 Å². The standard InChI is InChI=1S/C13H20N4O/c1-9(14)12(10-2-5-16-6-3-10)17-7-4-11(8-17)13(15)18/h2-3,5-6,9,11-12H,4,7-8,14H2,1H3,(H2,15,18). The zero-order chi connectivity index (χ0) is 13.1. The molecular weight excluding hydrogens is 228 g/mol. The van der Waals surface area contributed by atoms with Crippen LogP contribution in [0.15, 0.2) is 24.5 Å². The van der Waals surface area contributed by atoms with E-state index in [4.69, 9.17) is 11.5 Å². The molecule has 0 spiro atoms. The summed E-state index contributed by atoms with van der Waals surface area (Å²) in [5, 5.41) is 0. The van der Waals surface area contributed by atoms with Gasteiger partial charge in [0.25, 0.3) is 0 Å². The first-order valence-electron chi connectivity index (χ1n) is 6.28. The van der Waals surface area contributed by atoms with E-state index in [1.54, 1.807) is 12.4 Å². The van der Waals surface area contributed by atoms with Gasteiger partial charge in [0.1, 0.15) is 0 Å². The van der Waals surface area contributed by atoms with Gasteiger partial charge in [0, 0.05) is 31.0 Å². The molecule has 2 heterocycles. The minimum absolute atomic E-state index is 0.000901. The Kier molecular flexibility index (Phi) is 3.93. The summed E-state index contributed by atoms with van der Waals surface area (Å²) in [5.74, 6) is -0.260. The summed E-state index contributed by atoms with van der Waals surface area (Å²) in [5.41, 5.74) is 12.6. The van der Waals surface area contributed by atoms with E-state index in [9.17, 15) is 4.79 Å². The number of nitrogens with two attached hydrogens (primary N) is 2. The number of carbonyl (C=O) groups excluding carboxylic acids is 1. The van der Waals surface area contributed by atoms with Gasteiger partial charge in [-0.1, -0.05) is 0 Å². The molecule has 1 aromatic rings. The van der Waals surface area contributed by atoms with E-state index in [1.165, 1.54) is 0 Å². The lowest BCUT2D eigenvalue weighted by Crippen LogP contribution is -2.39. The van der Waals surface area contributed by atoms with E-state index in [0.717, 1.165) is 18.5 Å². The van der Waals surface area contributed by atoms with Gasteiger partial charge in [-0.2, -0.15) is 0 Å². The molecule has 1 aliphatic rings. The van der Waals surface area contributed by atoms with E-state index >= 15 is 0 Å². The second kappa shape index (κ2) is 5.46. The van der Waals surface area contributed by atoms with E-state index in [2.05, 4.69) is 9.88 Å². The quantitative estimate of drug-likeness (QED) is 0.801. The number of likely N-dealkylation sites (tertiary alicyclic amines) is 1. The van der Waals surface area contributed by atoms with Gasteiger partial charge >= 0.3 is 0 Å². The number of aromatic nitrogens is 1. The highest BCUT2D eigenvalue weighted by Gasteiger charge is 2.33. The average molecular weight is 248 g/mol. The van der Waals surface area contributed by atoms with Crippen LogP contribution in [0.1, 0.15) is 24.9 Å². The van der Waals surface area contributed by atoms with Crippen molar-refractivity contribution in [2.75, 3.05) is 13.1 Å². The van der Waals surface area contributed by atoms with Crippen LogP contribution in [0.25, 0.3) is 0 Å². The van der Waals surface area contributed by atoms with Gasteiger partial charge in [-0.15, -0.1) is 0 Å². The number of primary amides is 1. The molecule has 3 atom stereocenters. The fourth-order valence-corrected chi connectivity index (χ4v) is 2.68. The van der Waals surface area contributed by atoms with Crippen LogP contribution in [-0.2, 0) is 4.79 Å². The molecule has 1 aromatic heterocycles. The number of hydrogen-bond acceptors (Lipinski definition) is 4. The Morgan fingerprint density at radius 3 is 2.67 bits per heavy atom. The van der Waals surface area contributed by atoms with Gasteiger partial charge in [-0.25, -0.2) is 0 Å². The van der Waals surface area contributed by atoms with Gasteiger partial charge in [0.15, 0.2) is 0 Å². The first-order valence-corrected chi connectivity index (χ1v) is 6.28. The smallest absolute Gasteiger partial charge is 0.221 e. The Labute approximate surface area is 107 Å². The molecular formula is C13H20N4O. The maximum atomic E-state index is 11.2. The van der Waals surface area contributed by atoms with Crippen molar-refractivity contribution in [3.63, 3.8) is 0 Å². The fraction of sp³-hybridized carbons (Fsp3) is 0.538. The van der Waals surface area contributed by atoms with Crippen LogP contribution in [0.2, 0.25) is 0 Å². The number of amides is 1. The molecule has 5 nitrogen and oxygen atoms in total. The molecule has 1 saturated heterocycles. The van der Waals surface area contributed by atoms with Gasteiger partial charge < -0.3 is 11.5 Å². The maximum absolute atomic E-state index is 11.2. The van der Waals surface area contributed by atoms with Crippen LogP contribution in [0.5, 0.6) is 0 Å². The molecule has 0 saturated carbocycles. The number of hydrogen-bond donors (Lipinski definition) is 2. The molecule has 0 bridgehead atoms. The number of rotatable bonds is 4. The molecule has 98 valence electrons. The number of nitrogens with zero attached hydrogens (tertiary/aromatic N) is 2. The molecule has 2 rings (SSSR count). The topological polar surface area (TPSA) is 85.2 Å². The van der Waals surface area contributed by atoms with Crippen molar-refractivity contribution in [1.82, 2.24) is 9.88 Å². The van der Waals surface area contributed by atoms with Crippen molar-refractivity contribution >= 4 is 5.91 Å². The lowest BCUT2D eigenvalue weighted by molar-refractivity contribution is -0.121. The van der Waals surface area contributed by atoms with E-state index in [0.29, 0.717) is 6.54 Å². The summed E-state index contributed by atoms with van der Waals surface area (Å²) in [6.45, 7) is 3.55. The molecule has 0 radical (unpaired) electrons. The molecule has 0 aliphatic carbocycles. The van der Waals surface area contributed by atoms with E-state index in [1.807, 2.05) is 19.1 Å². The third-order valence-electron chi connectivity index (χ3n) is 3.56. The molecule has 5 heteroatoms. The summed E-state index contributed by atoms with van der Waals surface area (Å²) in [6.07, 6.45) is 4.36. The van der Waals surface area contributed by atoms with Crippen molar-refractivity contribution in [3.05, 3.63) is 30.1 Å². The van der Waals surface area contributed by atoms with Crippen LogP contribution < -0.4 is 11.5 Å². The van der Waals surface area contributed by atoms with E-state index in [-0.39, 0.29) is 23.9 Å². The van der Waals surface area contributed by atoms with Crippen LogP contribution >= 0.6 is 0 Å². The third-order valence-corrected chi connectivity index (χ3v) is 3.56. The molecule has 1 aliphatic heterocycles. The highest BCUT2D eigenvalue weighted by atomic mass is 16.1. The van der Waals surface area contributed by atoms with Crippen molar-refractivity contribution in [1.29, 1.82) is 0 Å². The maximum Gasteiger partial charge on any atom is 0.221 e. The lowest BCUT2D eigenvalue weighted by Gasteiger charge is -2.31. The Morgan fingerprint density at radius 2 is 2.17 bits per heavy atom. The fourth-order valence-electron chi connectivity index (χ4n) is 2.68. The predicted molar refractivity (Wildman–Crippen MR) is 69.5 cm³/mol. The second-order valence-corrected chi connectivity index (χ2v) is 4.97.